The van der Waals surface area contributed by atoms with Crippen molar-refractivity contribution in [3.8, 4) is 21.9 Å². The second kappa shape index (κ2) is 14.8. The van der Waals surface area contributed by atoms with Gasteiger partial charge in [-0.05, 0) is 72.1 Å². The first kappa shape index (κ1) is 35.4. The minimum Gasteiger partial charge on any atom is -0.545 e. The normalized spacial score (nSPS) is 12.3. The predicted octanol–water partition coefficient (Wildman–Crippen LogP) is 7.59. The number of halogens is 3. The van der Waals surface area contributed by atoms with Gasteiger partial charge in [0.2, 0.25) is 0 Å². The molecule has 51 heavy (non-hydrogen) atoms. The topological polar surface area (TPSA) is 83.8 Å². The number of hydrogen-bond acceptors (Lipinski definition) is 7. The molecule has 11 heteroatoms. The standard InChI is InChI=1S/C40H35F3N2O5S/c1-44(33(25-11-5-4-6-12-25)21-27-13-7-9-15-32(27)40(41,42)43)23-30-35-36(46)31(39(47)48)24-45(22-28-14-8-10-16-34(28)50-3)38(35)51-37(30)26-17-19-29(49-2)20-18-26/h4-20,24,33H,21-23H2,1-3H3,(H,47,48)/p-1. The number of hydrogen-bond donors (Lipinski definition) is 0. The van der Waals surface area contributed by atoms with E-state index < -0.39 is 34.7 Å². The second-order valence-corrected chi connectivity index (χ2v) is 13.1. The van der Waals surface area contributed by atoms with Gasteiger partial charge in [-0.1, -0.05) is 66.7 Å². The Bertz CT molecular complexity index is 2230. The van der Waals surface area contributed by atoms with Crippen LogP contribution in [0.1, 0.15) is 44.2 Å². The number of thiophene rings is 1. The van der Waals surface area contributed by atoms with E-state index >= 15 is 0 Å². The summed E-state index contributed by atoms with van der Waals surface area (Å²) in [5, 5.41) is 12.6. The zero-order chi connectivity index (χ0) is 36.3. The van der Waals surface area contributed by atoms with Gasteiger partial charge in [0.15, 0.2) is 5.43 Å². The number of carboxylic acids is 1. The first-order valence-corrected chi connectivity index (χ1v) is 16.9. The Morgan fingerprint density at radius 1 is 0.882 bits per heavy atom. The number of alkyl halides is 3. The molecule has 6 aromatic rings. The minimum absolute atomic E-state index is 0.0263. The summed E-state index contributed by atoms with van der Waals surface area (Å²) in [6.45, 7) is 0.301. The van der Waals surface area contributed by atoms with Crippen molar-refractivity contribution in [1.82, 2.24) is 9.47 Å². The molecule has 6 rings (SSSR count). The molecule has 4 aromatic carbocycles. The number of ether oxygens (including phenoxy) is 2. The first-order chi connectivity index (χ1) is 24.5. The highest BCUT2D eigenvalue weighted by Gasteiger charge is 2.34. The van der Waals surface area contributed by atoms with E-state index in [0.29, 0.717) is 26.8 Å². The molecular formula is C40H34F3N2O5S-. The van der Waals surface area contributed by atoms with E-state index in [-0.39, 0.29) is 30.5 Å². The molecule has 0 amide bonds. The molecule has 262 valence electrons. The van der Waals surface area contributed by atoms with Gasteiger partial charge in [-0.15, -0.1) is 11.3 Å². The average Bonchev–Trinajstić information content (AvgIpc) is 3.51. The SMILES string of the molecule is COc1ccc(-c2sc3c(c2CN(C)C(Cc2ccccc2C(F)(F)F)c2ccccc2)c(=O)c(C(=O)[O-])cn3Cc2ccccc2OC)cc1. The van der Waals surface area contributed by atoms with Crippen LogP contribution in [-0.2, 0) is 25.7 Å². The molecule has 0 spiro atoms. The summed E-state index contributed by atoms with van der Waals surface area (Å²) in [7, 11) is 4.90. The van der Waals surface area contributed by atoms with E-state index in [4.69, 9.17) is 9.47 Å². The van der Waals surface area contributed by atoms with Crippen molar-refractivity contribution in [2.75, 3.05) is 21.3 Å². The van der Waals surface area contributed by atoms with Gasteiger partial charge in [0.05, 0.1) is 43.2 Å². The number of aromatic carboxylic acids is 1. The summed E-state index contributed by atoms with van der Waals surface area (Å²) in [5.41, 5.74) is 1.09. The monoisotopic (exact) mass is 711 g/mol. The van der Waals surface area contributed by atoms with E-state index in [0.717, 1.165) is 22.8 Å². The van der Waals surface area contributed by atoms with Gasteiger partial charge in [0.25, 0.3) is 0 Å². The van der Waals surface area contributed by atoms with E-state index in [1.54, 1.807) is 50.1 Å². The number of carbonyl (C=O) groups is 1. The van der Waals surface area contributed by atoms with Gasteiger partial charge in [-0.3, -0.25) is 9.69 Å². The predicted molar refractivity (Wildman–Crippen MR) is 190 cm³/mol. The molecule has 0 fully saturated rings. The fourth-order valence-electron chi connectivity index (χ4n) is 6.45. The molecule has 0 saturated carbocycles. The number of nitrogens with zero attached hydrogens (tertiary/aromatic N) is 2. The number of benzene rings is 4. The lowest BCUT2D eigenvalue weighted by Crippen LogP contribution is -2.31. The Labute approximate surface area is 296 Å². The number of fused-ring (bicyclic) bond motifs is 1. The van der Waals surface area contributed by atoms with Gasteiger partial charge in [0, 0.05) is 29.2 Å². The van der Waals surface area contributed by atoms with E-state index in [2.05, 4.69) is 0 Å². The van der Waals surface area contributed by atoms with E-state index in [1.165, 1.54) is 29.7 Å². The summed E-state index contributed by atoms with van der Waals surface area (Å²) >= 11 is 1.34. The van der Waals surface area contributed by atoms with Crippen LogP contribution in [0.15, 0.2) is 114 Å². The van der Waals surface area contributed by atoms with Crippen LogP contribution in [0.3, 0.4) is 0 Å². The Kier molecular flexibility index (Phi) is 10.3. The maximum absolute atomic E-state index is 14.1. The van der Waals surface area contributed by atoms with Crippen LogP contribution in [0, 0.1) is 0 Å². The van der Waals surface area contributed by atoms with Crippen molar-refractivity contribution in [1.29, 1.82) is 0 Å². The van der Waals surface area contributed by atoms with Gasteiger partial charge >= 0.3 is 6.18 Å². The molecular weight excluding hydrogens is 678 g/mol. The molecule has 1 unspecified atom stereocenters. The number of pyridine rings is 1. The zero-order valence-corrected chi connectivity index (χ0v) is 28.9. The Morgan fingerprint density at radius 3 is 2.18 bits per heavy atom. The number of aromatic nitrogens is 1. The van der Waals surface area contributed by atoms with Crippen molar-refractivity contribution in [3.63, 3.8) is 0 Å². The van der Waals surface area contributed by atoms with Crippen LogP contribution in [0.25, 0.3) is 20.7 Å². The number of carboxylic acid groups (broad SMARTS) is 1. The van der Waals surface area contributed by atoms with Crippen LogP contribution in [0.2, 0.25) is 0 Å². The summed E-state index contributed by atoms with van der Waals surface area (Å²) in [6, 6.07) is 28.8. The van der Waals surface area contributed by atoms with Crippen LogP contribution in [0.4, 0.5) is 13.2 Å². The minimum atomic E-state index is -4.55. The van der Waals surface area contributed by atoms with Crippen molar-refractivity contribution in [2.24, 2.45) is 0 Å². The molecule has 0 bridgehead atoms. The molecule has 2 heterocycles. The third kappa shape index (κ3) is 7.40. The van der Waals surface area contributed by atoms with Crippen molar-refractivity contribution in [2.45, 2.75) is 31.7 Å². The molecule has 2 aromatic heterocycles. The molecule has 0 aliphatic carbocycles. The molecule has 0 saturated heterocycles. The summed E-state index contributed by atoms with van der Waals surface area (Å²) in [5.74, 6) is -0.393. The lowest BCUT2D eigenvalue weighted by molar-refractivity contribution is -0.255. The summed E-state index contributed by atoms with van der Waals surface area (Å²) in [4.78, 5) is 29.7. The summed E-state index contributed by atoms with van der Waals surface area (Å²) < 4.78 is 55.1. The highest BCUT2D eigenvalue weighted by atomic mass is 32.1. The van der Waals surface area contributed by atoms with Crippen LogP contribution < -0.4 is 20.0 Å². The third-order valence-electron chi connectivity index (χ3n) is 8.97. The number of methoxy groups -OCH3 is 2. The maximum Gasteiger partial charge on any atom is 0.416 e. The van der Waals surface area contributed by atoms with E-state index in [9.17, 15) is 27.9 Å². The van der Waals surface area contributed by atoms with Gasteiger partial charge in [0.1, 0.15) is 16.3 Å². The van der Waals surface area contributed by atoms with Gasteiger partial charge < -0.3 is 23.9 Å². The van der Waals surface area contributed by atoms with Gasteiger partial charge in [-0.25, -0.2) is 0 Å². The average molecular weight is 712 g/mol. The second-order valence-electron chi connectivity index (χ2n) is 12.1. The Hall–Kier alpha value is -5.39. The molecule has 0 radical (unpaired) electrons. The van der Waals surface area contributed by atoms with Crippen LogP contribution in [-0.4, -0.2) is 36.7 Å². The smallest absolute Gasteiger partial charge is 0.416 e. The zero-order valence-electron chi connectivity index (χ0n) is 28.1. The largest absolute Gasteiger partial charge is 0.545 e. The molecule has 0 N–H and O–H groups in total. The Balaban J connectivity index is 1.55. The molecule has 7 nitrogen and oxygen atoms in total. The van der Waals surface area contributed by atoms with Crippen molar-refractivity contribution >= 4 is 27.5 Å². The summed E-state index contributed by atoms with van der Waals surface area (Å²) in [6.07, 6.45) is -3.22. The maximum atomic E-state index is 14.1. The van der Waals surface area contributed by atoms with E-state index in [1.807, 2.05) is 65.6 Å². The number of likely N-dealkylation sites (N-methyl/N-ethyl adjacent to an activating group) is 1. The Morgan fingerprint density at radius 2 is 1.53 bits per heavy atom. The van der Waals surface area contributed by atoms with Gasteiger partial charge in [-0.2, -0.15) is 13.2 Å². The highest BCUT2D eigenvalue weighted by molar-refractivity contribution is 7.22. The lowest BCUT2D eigenvalue weighted by Gasteiger charge is -2.30. The molecule has 1 atom stereocenters. The fourth-order valence-corrected chi connectivity index (χ4v) is 7.74. The molecule has 0 aliphatic rings. The third-order valence-corrected chi connectivity index (χ3v) is 10.3. The van der Waals surface area contributed by atoms with Crippen molar-refractivity contribution < 1.29 is 32.5 Å². The fraction of sp³-hybridized carbons (Fsp3) is 0.200. The quantitative estimate of drug-likeness (QED) is 0.130. The van der Waals surface area contributed by atoms with Crippen LogP contribution >= 0.6 is 11.3 Å². The number of para-hydroxylation sites is 1. The number of carbonyl (C=O) groups excluding carboxylic acids is 1. The van der Waals surface area contributed by atoms with Crippen LogP contribution in [0.5, 0.6) is 11.5 Å². The number of rotatable bonds is 12. The van der Waals surface area contributed by atoms with Crippen molar-refractivity contribution in [3.05, 3.63) is 153 Å². The first-order valence-electron chi connectivity index (χ1n) is 16.1. The highest BCUT2D eigenvalue weighted by Crippen LogP contribution is 2.41. The lowest BCUT2D eigenvalue weighted by atomic mass is 9.93. The molecule has 0 aliphatic heterocycles.